The molecule has 0 aromatic carbocycles. The lowest BCUT2D eigenvalue weighted by atomic mass is 9.80. The Labute approximate surface area is 169 Å². The van der Waals surface area contributed by atoms with Crippen molar-refractivity contribution in [2.24, 2.45) is 11.8 Å². The number of nitrogens with one attached hydrogen (secondary N) is 2. The number of nitrogens with zero attached hydrogens (tertiary/aromatic N) is 2. The SMILES string of the molecule is C=CCNC(=O)N1CCC[C@H](c2ccn[nH]2)[C@@H]1COC1CCC(C(C)C)CC1. The van der Waals surface area contributed by atoms with Gasteiger partial charge in [0.25, 0.3) is 0 Å². The van der Waals surface area contributed by atoms with E-state index in [-0.39, 0.29) is 18.0 Å². The molecule has 6 heteroatoms. The van der Waals surface area contributed by atoms with E-state index in [0.717, 1.165) is 49.8 Å². The van der Waals surface area contributed by atoms with Crippen LogP contribution in [0.15, 0.2) is 24.9 Å². The molecule has 2 heterocycles. The normalized spacial score (nSPS) is 28.3. The third kappa shape index (κ3) is 5.16. The zero-order valence-electron chi connectivity index (χ0n) is 17.4. The van der Waals surface area contributed by atoms with Gasteiger partial charge < -0.3 is 15.0 Å². The third-order valence-corrected chi connectivity index (χ3v) is 6.52. The van der Waals surface area contributed by atoms with E-state index in [4.69, 9.17) is 4.74 Å². The summed E-state index contributed by atoms with van der Waals surface area (Å²) in [7, 11) is 0. The second-order valence-corrected chi connectivity index (χ2v) is 8.61. The van der Waals surface area contributed by atoms with Gasteiger partial charge in [0.2, 0.25) is 0 Å². The summed E-state index contributed by atoms with van der Waals surface area (Å²) in [5.41, 5.74) is 1.10. The van der Waals surface area contributed by atoms with Crippen molar-refractivity contribution in [3.63, 3.8) is 0 Å². The molecular formula is C22H36N4O2. The van der Waals surface area contributed by atoms with Gasteiger partial charge in [0.05, 0.1) is 18.8 Å². The van der Waals surface area contributed by atoms with E-state index in [0.29, 0.717) is 19.3 Å². The Morgan fingerprint density at radius 3 is 2.82 bits per heavy atom. The lowest BCUT2D eigenvalue weighted by Crippen LogP contribution is -2.53. The van der Waals surface area contributed by atoms with Crippen LogP contribution in [0.2, 0.25) is 0 Å². The van der Waals surface area contributed by atoms with Gasteiger partial charge in [-0.05, 0) is 56.4 Å². The Kier molecular flexibility index (Phi) is 7.54. The number of hydrogen-bond donors (Lipinski definition) is 2. The van der Waals surface area contributed by atoms with Crippen LogP contribution in [0.25, 0.3) is 0 Å². The molecule has 1 saturated carbocycles. The van der Waals surface area contributed by atoms with Crippen LogP contribution in [-0.2, 0) is 4.74 Å². The largest absolute Gasteiger partial charge is 0.376 e. The van der Waals surface area contributed by atoms with Gasteiger partial charge in [0.1, 0.15) is 0 Å². The average Bonchev–Trinajstić information content (AvgIpc) is 3.25. The number of H-pyrrole nitrogens is 1. The molecule has 2 amide bonds. The van der Waals surface area contributed by atoms with E-state index in [1.165, 1.54) is 12.8 Å². The predicted octanol–water partition coefficient (Wildman–Crippen LogP) is 4.08. The van der Waals surface area contributed by atoms with Gasteiger partial charge >= 0.3 is 6.03 Å². The number of carbonyl (C=O) groups is 1. The standard InChI is InChI=1S/C22H36N4O2/c1-4-12-23-22(27)26-14-5-6-19(20-11-13-24-25-20)21(26)15-28-18-9-7-17(8-10-18)16(2)3/h4,11,13,16-19,21H,1,5-10,12,14-15H2,2-3H3,(H,23,27)(H,24,25)/t17?,18?,19-,21+/m1/s1. The van der Waals surface area contributed by atoms with Crippen LogP contribution in [-0.4, -0.2) is 53.0 Å². The quantitative estimate of drug-likeness (QED) is 0.691. The molecule has 0 spiro atoms. The Morgan fingerprint density at radius 2 is 2.18 bits per heavy atom. The highest BCUT2D eigenvalue weighted by Gasteiger charge is 2.37. The minimum Gasteiger partial charge on any atom is -0.376 e. The lowest BCUT2D eigenvalue weighted by molar-refractivity contribution is -0.0238. The monoisotopic (exact) mass is 388 g/mol. The maximum absolute atomic E-state index is 12.7. The number of piperidine rings is 1. The van der Waals surface area contributed by atoms with Crippen molar-refractivity contribution in [1.82, 2.24) is 20.4 Å². The molecule has 1 aromatic heterocycles. The Hall–Kier alpha value is -1.82. The third-order valence-electron chi connectivity index (χ3n) is 6.52. The topological polar surface area (TPSA) is 70.2 Å². The molecule has 1 saturated heterocycles. The summed E-state index contributed by atoms with van der Waals surface area (Å²) < 4.78 is 6.39. The summed E-state index contributed by atoms with van der Waals surface area (Å²) in [6.07, 6.45) is 10.6. The number of aromatic amines is 1. The van der Waals surface area contributed by atoms with E-state index in [1.807, 2.05) is 11.0 Å². The number of ether oxygens (including phenoxy) is 1. The van der Waals surface area contributed by atoms with Crippen LogP contribution in [0.1, 0.15) is 64.0 Å². The van der Waals surface area contributed by atoms with Crippen LogP contribution in [0.5, 0.6) is 0 Å². The minimum atomic E-state index is -0.0266. The van der Waals surface area contributed by atoms with Gasteiger partial charge in [0, 0.05) is 30.9 Å². The van der Waals surface area contributed by atoms with Crippen LogP contribution < -0.4 is 5.32 Å². The zero-order valence-corrected chi connectivity index (χ0v) is 17.4. The first-order valence-electron chi connectivity index (χ1n) is 10.9. The number of hydrogen-bond acceptors (Lipinski definition) is 3. The molecular weight excluding hydrogens is 352 g/mol. The van der Waals surface area contributed by atoms with Gasteiger partial charge in [-0.15, -0.1) is 6.58 Å². The molecule has 1 aliphatic carbocycles. The molecule has 1 aromatic rings. The van der Waals surface area contributed by atoms with Gasteiger partial charge in [-0.2, -0.15) is 5.10 Å². The van der Waals surface area contributed by atoms with E-state index < -0.39 is 0 Å². The van der Waals surface area contributed by atoms with E-state index in [2.05, 4.69) is 35.9 Å². The number of carbonyl (C=O) groups excluding carboxylic acids is 1. The second kappa shape index (κ2) is 10.1. The number of amides is 2. The van der Waals surface area contributed by atoms with Crippen molar-refractivity contribution in [2.75, 3.05) is 19.7 Å². The van der Waals surface area contributed by atoms with E-state index >= 15 is 0 Å². The molecule has 0 unspecified atom stereocenters. The molecule has 2 aliphatic rings. The van der Waals surface area contributed by atoms with E-state index in [1.54, 1.807) is 12.3 Å². The molecule has 6 nitrogen and oxygen atoms in total. The molecule has 0 radical (unpaired) electrons. The fourth-order valence-electron chi connectivity index (χ4n) is 4.77. The summed E-state index contributed by atoms with van der Waals surface area (Å²) >= 11 is 0. The number of rotatable bonds is 7. The summed E-state index contributed by atoms with van der Waals surface area (Å²) in [4.78, 5) is 14.7. The highest BCUT2D eigenvalue weighted by molar-refractivity contribution is 5.75. The van der Waals surface area contributed by atoms with Crippen molar-refractivity contribution < 1.29 is 9.53 Å². The lowest BCUT2D eigenvalue weighted by Gasteiger charge is -2.41. The average molecular weight is 389 g/mol. The highest BCUT2D eigenvalue weighted by Crippen LogP contribution is 2.34. The summed E-state index contributed by atoms with van der Waals surface area (Å²) in [5.74, 6) is 1.82. The summed E-state index contributed by atoms with van der Waals surface area (Å²) in [5, 5.41) is 10.2. The van der Waals surface area contributed by atoms with Crippen molar-refractivity contribution in [2.45, 2.75) is 70.4 Å². The molecule has 1 aliphatic heterocycles. The molecule has 0 bridgehead atoms. The zero-order chi connectivity index (χ0) is 19.9. The van der Waals surface area contributed by atoms with Crippen LogP contribution in [0, 0.1) is 11.8 Å². The van der Waals surface area contributed by atoms with Gasteiger partial charge in [-0.25, -0.2) is 4.79 Å². The maximum atomic E-state index is 12.7. The first-order chi connectivity index (χ1) is 13.6. The number of aromatic nitrogens is 2. The van der Waals surface area contributed by atoms with Crippen LogP contribution in [0.3, 0.4) is 0 Å². The first-order valence-corrected chi connectivity index (χ1v) is 10.9. The minimum absolute atomic E-state index is 0.0266. The highest BCUT2D eigenvalue weighted by atomic mass is 16.5. The molecule has 2 N–H and O–H groups in total. The summed E-state index contributed by atoms with van der Waals surface area (Å²) in [6, 6.07) is 2.03. The van der Waals surface area contributed by atoms with Crippen molar-refractivity contribution in [1.29, 1.82) is 0 Å². The van der Waals surface area contributed by atoms with Gasteiger partial charge in [-0.1, -0.05) is 19.9 Å². The van der Waals surface area contributed by atoms with Crippen molar-refractivity contribution in [3.8, 4) is 0 Å². The van der Waals surface area contributed by atoms with Crippen LogP contribution in [0.4, 0.5) is 4.79 Å². The Morgan fingerprint density at radius 1 is 1.39 bits per heavy atom. The molecule has 2 fully saturated rings. The smallest absolute Gasteiger partial charge is 0.317 e. The second-order valence-electron chi connectivity index (χ2n) is 8.61. The van der Waals surface area contributed by atoms with Gasteiger partial charge in [-0.3, -0.25) is 5.10 Å². The molecule has 28 heavy (non-hydrogen) atoms. The fourth-order valence-corrected chi connectivity index (χ4v) is 4.77. The number of urea groups is 1. The first kappa shape index (κ1) is 20.9. The maximum Gasteiger partial charge on any atom is 0.317 e. The van der Waals surface area contributed by atoms with Crippen molar-refractivity contribution >= 4 is 6.03 Å². The molecule has 156 valence electrons. The van der Waals surface area contributed by atoms with Crippen LogP contribution >= 0.6 is 0 Å². The van der Waals surface area contributed by atoms with Gasteiger partial charge in [0.15, 0.2) is 0 Å². The van der Waals surface area contributed by atoms with E-state index in [9.17, 15) is 4.79 Å². The molecule has 2 atom stereocenters. The fraction of sp³-hybridized carbons (Fsp3) is 0.727. The summed E-state index contributed by atoms with van der Waals surface area (Å²) in [6.45, 7) is 10.2. The molecule has 3 rings (SSSR count). The predicted molar refractivity (Wildman–Crippen MR) is 111 cm³/mol. The Bertz CT molecular complexity index is 608. The number of likely N-dealkylation sites (tertiary alicyclic amines) is 1. The van der Waals surface area contributed by atoms with Crippen molar-refractivity contribution in [3.05, 3.63) is 30.6 Å². The Balaban J connectivity index is 1.64.